The van der Waals surface area contributed by atoms with Crippen LogP contribution < -0.4 is 0 Å². The highest BCUT2D eigenvalue weighted by Crippen LogP contribution is 1.81. The maximum absolute atomic E-state index is 10.3. The van der Waals surface area contributed by atoms with Gasteiger partial charge in [-0.15, -0.1) is 0 Å². The second-order valence-electron chi connectivity index (χ2n) is 1.60. The summed E-state index contributed by atoms with van der Waals surface area (Å²) in [5.41, 5.74) is 0. The molecule has 0 spiro atoms. The molecule has 0 heterocycles. The fourth-order valence-electron chi connectivity index (χ4n) is 0.222. The van der Waals surface area contributed by atoms with Gasteiger partial charge in [-0.3, -0.25) is 14.5 Å². The summed E-state index contributed by atoms with van der Waals surface area (Å²) in [6, 6.07) is 0. The fraction of sp³-hybridized carbons (Fsp3) is 0.600. The van der Waals surface area contributed by atoms with Gasteiger partial charge >= 0.3 is 0 Å². The summed E-state index contributed by atoms with van der Waals surface area (Å²) in [7, 11) is 1.45. The molecule has 3 nitrogen and oxygen atoms in total. The smallest absolute Gasteiger partial charge is 0.225 e. The zero-order chi connectivity index (χ0) is 6.73. The minimum absolute atomic E-state index is 0.225. The van der Waals surface area contributed by atoms with Gasteiger partial charge in [0.15, 0.2) is 0 Å². The first-order chi connectivity index (χ1) is 3.55. The highest BCUT2D eigenvalue weighted by molar-refractivity contribution is 5.92. The molecule has 0 atom stereocenters. The highest BCUT2D eigenvalue weighted by atomic mass is 16.2. The molecule has 0 aromatic rings. The van der Waals surface area contributed by atoms with Gasteiger partial charge in [0.05, 0.1) is 0 Å². The van der Waals surface area contributed by atoms with Gasteiger partial charge in [-0.05, 0) is 0 Å². The molecule has 0 unspecified atom stereocenters. The molecule has 0 aliphatic rings. The summed E-state index contributed by atoms with van der Waals surface area (Å²) in [6.07, 6.45) is 0. The second-order valence-corrected chi connectivity index (χ2v) is 1.60. The molecule has 3 heteroatoms. The third-order valence-electron chi connectivity index (χ3n) is 0.945. The Balaban J connectivity index is 3.83. The Labute approximate surface area is 48.3 Å². The van der Waals surface area contributed by atoms with Crippen LogP contribution in [0.2, 0.25) is 0 Å². The van der Waals surface area contributed by atoms with Crippen molar-refractivity contribution in [1.82, 2.24) is 4.90 Å². The molecule has 0 aliphatic carbocycles. The van der Waals surface area contributed by atoms with E-state index in [0.717, 1.165) is 4.90 Å². The lowest BCUT2D eigenvalue weighted by Gasteiger charge is -2.07. The second kappa shape index (κ2) is 2.45. The number of carbonyl (C=O) groups excluding carboxylic acids is 2. The fourth-order valence-corrected chi connectivity index (χ4v) is 0.222. The molecule has 0 rings (SSSR count). The van der Waals surface area contributed by atoms with Gasteiger partial charge in [-0.2, -0.15) is 0 Å². The summed E-state index contributed by atoms with van der Waals surface area (Å²) < 4.78 is 0. The van der Waals surface area contributed by atoms with Crippen molar-refractivity contribution < 1.29 is 9.59 Å². The molecular weight excluding hydrogens is 106 g/mol. The van der Waals surface area contributed by atoms with E-state index >= 15 is 0 Å². The quantitative estimate of drug-likeness (QED) is 0.446. The maximum Gasteiger partial charge on any atom is 0.225 e. The van der Waals surface area contributed by atoms with Crippen molar-refractivity contribution in [3.8, 4) is 0 Å². The average Bonchev–Trinajstić information content (AvgIpc) is 1.64. The van der Waals surface area contributed by atoms with Crippen LogP contribution in [0.1, 0.15) is 13.8 Å². The first kappa shape index (κ1) is 7.14. The Morgan fingerprint density at radius 3 is 1.38 bits per heavy atom. The van der Waals surface area contributed by atoms with Gasteiger partial charge in [0, 0.05) is 20.9 Å². The third-order valence-corrected chi connectivity index (χ3v) is 0.945. The summed E-state index contributed by atoms with van der Waals surface area (Å²) >= 11 is 0. The lowest BCUT2D eigenvalue weighted by atomic mass is 10.5. The van der Waals surface area contributed by atoms with Gasteiger partial charge in [0.25, 0.3) is 0 Å². The molecule has 0 aliphatic heterocycles. The van der Waals surface area contributed by atoms with Crippen LogP contribution in [-0.4, -0.2) is 23.8 Å². The third kappa shape index (κ3) is 1.73. The van der Waals surface area contributed by atoms with Crippen LogP contribution in [0.5, 0.6) is 0 Å². The van der Waals surface area contributed by atoms with Crippen molar-refractivity contribution in [3.63, 3.8) is 0 Å². The molecule has 0 aromatic carbocycles. The Kier molecular flexibility index (Phi) is 2.19. The van der Waals surface area contributed by atoms with E-state index < -0.39 is 0 Å². The van der Waals surface area contributed by atoms with E-state index in [4.69, 9.17) is 0 Å². The molecule has 0 aromatic heterocycles. The topological polar surface area (TPSA) is 37.4 Å². The van der Waals surface area contributed by atoms with Gasteiger partial charge in [-0.25, -0.2) is 0 Å². The van der Waals surface area contributed by atoms with E-state index in [0.29, 0.717) is 0 Å². The molecule has 0 bridgehead atoms. The van der Waals surface area contributed by atoms with Crippen molar-refractivity contribution in [2.75, 3.05) is 7.05 Å². The van der Waals surface area contributed by atoms with Crippen LogP contribution in [0.3, 0.4) is 0 Å². The van der Waals surface area contributed by atoms with E-state index in [2.05, 4.69) is 0 Å². The first-order valence-electron chi connectivity index (χ1n) is 2.30. The van der Waals surface area contributed by atoms with Crippen molar-refractivity contribution in [3.05, 3.63) is 0 Å². The molecule has 2 amide bonds. The first-order valence-corrected chi connectivity index (χ1v) is 2.30. The van der Waals surface area contributed by atoms with Crippen LogP contribution >= 0.6 is 0 Å². The van der Waals surface area contributed by atoms with E-state index in [-0.39, 0.29) is 11.8 Å². The Morgan fingerprint density at radius 1 is 1.12 bits per heavy atom. The Bertz CT molecular complexity index is 106. The molecule has 46 valence electrons. The van der Waals surface area contributed by atoms with Gasteiger partial charge in [-0.1, -0.05) is 0 Å². The summed E-state index contributed by atoms with van der Waals surface area (Å²) in [6.45, 7) is 2.70. The average molecular weight is 115 g/mol. The highest BCUT2D eigenvalue weighted by Gasteiger charge is 2.04. The molecule has 0 radical (unpaired) electrons. The normalized spacial score (nSPS) is 8.38. The SMILES string of the molecule is CC(=O)N(C)C(C)=O. The molecule has 0 fully saturated rings. The number of rotatable bonds is 0. The number of hydrogen-bond donors (Lipinski definition) is 0. The molecule has 8 heavy (non-hydrogen) atoms. The maximum atomic E-state index is 10.3. The zero-order valence-electron chi connectivity index (χ0n) is 5.26. The van der Waals surface area contributed by atoms with Crippen molar-refractivity contribution in [1.29, 1.82) is 0 Å². The number of amides is 2. The minimum Gasteiger partial charge on any atom is -0.286 e. The van der Waals surface area contributed by atoms with Gasteiger partial charge < -0.3 is 0 Å². The molecule has 0 saturated heterocycles. The minimum atomic E-state index is -0.225. The van der Waals surface area contributed by atoms with Crippen LogP contribution in [0.15, 0.2) is 0 Å². The number of imide groups is 1. The molecule has 0 N–H and O–H groups in total. The Morgan fingerprint density at radius 2 is 1.38 bits per heavy atom. The van der Waals surface area contributed by atoms with Crippen LogP contribution in [0.25, 0.3) is 0 Å². The van der Waals surface area contributed by atoms with E-state index in [9.17, 15) is 9.59 Å². The summed E-state index contributed by atoms with van der Waals surface area (Å²) in [5, 5.41) is 0. The van der Waals surface area contributed by atoms with E-state index in [1.165, 1.54) is 20.9 Å². The van der Waals surface area contributed by atoms with Crippen molar-refractivity contribution in [2.24, 2.45) is 0 Å². The van der Waals surface area contributed by atoms with Gasteiger partial charge in [0.2, 0.25) is 11.8 Å². The number of carbonyl (C=O) groups is 2. The van der Waals surface area contributed by atoms with E-state index in [1.807, 2.05) is 0 Å². The van der Waals surface area contributed by atoms with Gasteiger partial charge in [0.1, 0.15) is 0 Å². The van der Waals surface area contributed by atoms with E-state index in [1.54, 1.807) is 0 Å². The van der Waals surface area contributed by atoms with Crippen LogP contribution in [0.4, 0.5) is 0 Å². The number of hydrogen-bond acceptors (Lipinski definition) is 2. The van der Waals surface area contributed by atoms with Crippen molar-refractivity contribution >= 4 is 11.8 Å². The molecule has 0 saturated carbocycles. The summed E-state index contributed by atoms with van der Waals surface area (Å²) in [4.78, 5) is 21.6. The predicted octanol–water partition coefficient (Wildman–Crippen LogP) is 0.0112. The monoisotopic (exact) mass is 115 g/mol. The van der Waals surface area contributed by atoms with Crippen LogP contribution in [0, 0.1) is 0 Å². The zero-order valence-corrected chi connectivity index (χ0v) is 5.26. The summed E-state index contributed by atoms with van der Waals surface area (Å²) in [5.74, 6) is -0.449. The molecular formula is C5H9NO2. The van der Waals surface area contributed by atoms with Crippen molar-refractivity contribution in [2.45, 2.75) is 13.8 Å². The lowest BCUT2D eigenvalue weighted by molar-refractivity contribution is -0.140. The lowest BCUT2D eigenvalue weighted by Crippen LogP contribution is -2.28. The van der Waals surface area contributed by atoms with Crippen LogP contribution in [-0.2, 0) is 9.59 Å². The predicted molar refractivity (Wildman–Crippen MR) is 29.1 cm³/mol. The Hall–Kier alpha value is -0.860. The number of nitrogens with zero attached hydrogens (tertiary/aromatic N) is 1. The largest absolute Gasteiger partial charge is 0.286 e. The standard InChI is InChI=1S/C5H9NO2/c1-4(7)6(3)5(2)8/h1-3H3.